The molecule has 0 bridgehead atoms. The topological polar surface area (TPSA) is 46.2 Å². The van der Waals surface area contributed by atoms with Gasteiger partial charge in [-0.3, -0.25) is 0 Å². The molecule has 3 nitrogen and oxygen atoms in total. The van der Waals surface area contributed by atoms with Gasteiger partial charge in [-0.1, -0.05) is 56.3 Å². The highest BCUT2D eigenvalue weighted by molar-refractivity contribution is 7.91. The summed E-state index contributed by atoms with van der Waals surface area (Å²) in [7, 11) is -3.24. The van der Waals surface area contributed by atoms with Gasteiger partial charge in [0.1, 0.15) is 0 Å². The summed E-state index contributed by atoms with van der Waals surface area (Å²) in [5, 5.41) is 3.51. The molecule has 0 unspecified atom stereocenters. The molecule has 0 saturated heterocycles. The van der Waals surface area contributed by atoms with Crippen LogP contribution in [0.2, 0.25) is 0 Å². The lowest BCUT2D eigenvalue weighted by atomic mass is 9.70. The third kappa shape index (κ3) is 3.55. The Morgan fingerprint density at radius 3 is 2.46 bits per heavy atom. The smallest absolute Gasteiger partial charge is 0.179 e. The van der Waals surface area contributed by atoms with Gasteiger partial charge in [0.2, 0.25) is 0 Å². The van der Waals surface area contributed by atoms with E-state index in [2.05, 4.69) is 43.4 Å². The zero-order valence-corrected chi connectivity index (χ0v) is 15.1. The molecule has 0 saturated carbocycles. The van der Waals surface area contributed by atoms with Crippen LogP contribution in [-0.4, -0.2) is 20.7 Å². The van der Waals surface area contributed by atoms with Crippen LogP contribution in [0.3, 0.4) is 0 Å². The summed E-state index contributed by atoms with van der Waals surface area (Å²) in [5.41, 5.74) is 2.80. The maximum atomic E-state index is 12.4. The second-order valence-corrected chi connectivity index (χ2v) is 9.32. The van der Waals surface area contributed by atoms with Gasteiger partial charge >= 0.3 is 0 Å². The van der Waals surface area contributed by atoms with Gasteiger partial charge in [-0.05, 0) is 41.5 Å². The number of hydrogen-bond donors (Lipinski definition) is 1. The van der Waals surface area contributed by atoms with Gasteiger partial charge in [-0.25, -0.2) is 8.42 Å². The zero-order chi connectivity index (χ0) is 17.2. The minimum atomic E-state index is -3.24. The lowest BCUT2D eigenvalue weighted by Gasteiger charge is -2.40. The van der Waals surface area contributed by atoms with Gasteiger partial charge in [-0.2, -0.15) is 0 Å². The van der Waals surface area contributed by atoms with E-state index in [1.165, 1.54) is 11.1 Å². The van der Waals surface area contributed by atoms with Crippen LogP contribution >= 0.6 is 0 Å². The number of sulfone groups is 1. The lowest BCUT2D eigenvalue weighted by Crippen LogP contribution is -2.40. The molecule has 4 heteroatoms. The summed E-state index contributed by atoms with van der Waals surface area (Å²) in [6.45, 7) is 4.97. The van der Waals surface area contributed by atoms with Crippen molar-refractivity contribution in [2.75, 3.05) is 12.3 Å². The van der Waals surface area contributed by atoms with Crippen molar-refractivity contribution in [1.29, 1.82) is 0 Å². The molecule has 0 fully saturated rings. The zero-order valence-electron chi connectivity index (χ0n) is 14.3. The highest BCUT2D eigenvalue weighted by atomic mass is 32.2. The average molecular weight is 343 g/mol. The van der Waals surface area contributed by atoms with E-state index in [0.717, 1.165) is 12.8 Å². The molecule has 128 valence electrons. The third-order valence-corrected chi connectivity index (χ3v) is 6.74. The number of nitrogens with one attached hydrogen (secondary N) is 1. The molecular weight excluding hydrogens is 318 g/mol. The van der Waals surface area contributed by atoms with Crippen molar-refractivity contribution in [3.05, 3.63) is 65.7 Å². The Morgan fingerprint density at radius 1 is 1.04 bits per heavy atom. The van der Waals surface area contributed by atoms with Crippen LogP contribution in [0.5, 0.6) is 0 Å². The number of aryl methyl sites for hydroxylation is 1. The minimum absolute atomic E-state index is 0.116. The van der Waals surface area contributed by atoms with E-state index in [1.807, 2.05) is 6.07 Å². The number of benzene rings is 2. The van der Waals surface area contributed by atoms with E-state index in [-0.39, 0.29) is 17.2 Å². The Bertz CT molecular complexity index is 797. The van der Waals surface area contributed by atoms with Crippen molar-refractivity contribution in [3.8, 4) is 0 Å². The maximum Gasteiger partial charge on any atom is 0.179 e. The standard InChI is InChI=1S/C20H25NO2S/c1-20(2)13-12-16-8-6-7-11-18(16)19(20)21-14-15-24(22,23)17-9-4-3-5-10-17/h3-11,19,21H,12-15H2,1-2H3/t19-/m0/s1. The van der Waals surface area contributed by atoms with Gasteiger partial charge in [0.15, 0.2) is 9.84 Å². The van der Waals surface area contributed by atoms with Crippen LogP contribution in [0.15, 0.2) is 59.5 Å². The molecular formula is C20H25NO2S. The van der Waals surface area contributed by atoms with E-state index in [9.17, 15) is 8.42 Å². The summed E-state index contributed by atoms with van der Waals surface area (Å²) >= 11 is 0. The fourth-order valence-electron chi connectivity index (χ4n) is 3.54. The van der Waals surface area contributed by atoms with Crippen LogP contribution in [0, 0.1) is 5.41 Å². The first kappa shape index (κ1) is 17.2. The predicted molar refractivity (Wildman–Crippen MR) is 97.8 cm³/mol. The van der Waals surface area contributed by atoms with Crippen molar-refractivity contribution in [3.63, 3.8) is 0 Å². The quantitative estimate of drug-likeness (QED) is 0.899. The number of rotatable bonds is 5. The number of fused-ring (bicyclic) bond motifs is 1. The normalized spacial score (nSPS) is 19.7. The van der Waals surface area contributed by atoms with Gasteiger partial charge in [0.05, 0.1) is 10.6 Å². The van der Waals surface area contributed by atoms with Gasteiger partial charge in [0.25, 0.3) is 0 Å². The lowest BCUT2D eigenvalue weighted by molar-refractivity contribution is 0.212. The first-order valence-electron chi connectivity index (χ1n) is 8.49. The Balaban J connectivity index is 1.72. The molecule has 0 radical (unpaired) electrons. The SMILES string of the molecule is CC1(C)CCc2ccccc2[C@@H]1NCCS(=O)(=O)c1ccccc1. The monoisotopic (exact) mass is 343 g/mol. The molecule has 0 aromatic heterocycles. The van der Waals surface area contributed by atoms with Crippen molar-refractivity contribution in [1.82, 2.24) is 5.32 Å². The Hall–Kier alpha value is -1.65. The van der Waals surface area contributed by atoms with E-state index in [4.69, 9.17) is 0 Å². The minimum Gasteiger partial charge on any atom is -0.308 e. The second-order valence-electron chi connectivity index (χ2n) is 7.21. The van der Waals surface area contributed by atoms with Crippen LogP contribution in [0.25, 0.3) is 0 Å². The first-order chi connectivity index (χ1) is 11.4. The highest BCUT2D eigenvalue weighted by Crippen LogP contribution is 2.43. The molecule has 24 heavy (non-hydrogen) atoms. The fourth-order valence-corrected chi connectivity index (χ4v) is 4.73. The van der Waals surface area contributed by atoms with Crippen molar-refractivity contribution >= 4 is 9.84 Å². The van der Waals surface area contributed by atoms with Crippen molar-refractivity contribution in [2.45, 2.75) is 37.6 Å². The van der Waals surface area contributed by atoms with Gasteiger partial charge in [0, 0.05) is 12.6 Å². The van der Waals surface area contributed by atoms with E-state index >= 15 is 0 Å². The van der Waals surface area contributed by atoms with Crippen molar-refractivity contribution in [2.24, 2.45) is 5.41 Å². The highest BCUT2D eigenvalue weighted by Gasteiger charge is 2.35. The van der Waals surface area contributed by atoms with Crippen LogP contribution in [0.4, 0.5) is 0 Å². The molecule has 0 heterocycles. The summed E-state index contributed by atoms with van der Waals surface area (Å²) < 4.78 is 24.9. The molecule has 0 spiro atoms. The summed E-state index contributed by atoms with van der Waals surface area (Å²) in [6, 6.07) is 17.4. The van der Waals surface area contributed by atoms with Gasteiger partial charge < -0.3 is 5.32 Å². The van der Waals surface area contributed by atoms with Crippen LogP contribution in [0.1, 0.15) is 37.4 Å². The molecule has 2 aromatic carbocycles. The Labute approximate surface area is 145 Å². The third-order valence-electron chi connectivity index (χ3n) is 5.01. The molecule has 0 amide bonds. The molecule has 1 N–H and O–H groups in total. The maximum absolute atomic E-state index is 12.4. The van der Waals surface area contributed by atoms with Crippen LogP contribution in [-0.2, 0) is 16.3 Å². The van der Waals surface area contributed by atoms with E-state index < -0.39 is 9.84 Å². The second kappa shape index (κ2) is 6.69. The molecule has 1 aliphatic rings. The first-order valence-corrected chi connectivity index (χ1v) is 10.1. The summed E-state index contributed by atoms with van der Waals surface area (Å²) in [6.07, 6.45) is 2.19. The van der Waals surface area contributed by atoms with Gasteiger partial charge in [-0.15, -0.1) is 0 Å². The van der Waals surface area contributed by atoms with E-state index in [1.54, 1.807) is 24.3 Å². The molecule has 0 aliphatic heterocycles. The Kier molecular flexibility index (Phi) is 4.79. The van der Waals surface area contributed by atoms with E-state index in [0.29, 0.717) is 11.4 Å². The molecule has 1 atom stereocenters. The fraction of sp³-hybridized carbons (Fsp3) is 0.400. The summed E-state index contributed by atoms with van der Waals surface area (Å²) in [4.78, 5) is 0.398. The summed E-state index contributed by atoms with van der Waals surface area (Å²) in [5.74, 6) is 0.117. The average Bonchev–Trinajstić information content (AvgIpc) is 2.57. The predicted octanol–water partition coefficient (Wildman–Crippen LogP) is 3.76. The van der Waals surface area contributed by atoms with Crippen molar-refractivity contribution < 1.29 is 8.42 Å². The Morgan fingerprint density at radius 2 is 1.71 bits per heavy atom. The molecule has 1 aliphatic carbocycles. The largest absolute Gasteiger partial charge is 0.308 e. The number of hydrogen-bond acceptors (Lipinski definition) is 3. The van der Waals surface area contributed by atoms with Crippen LogP contribution < -0.4 is 5.32 Å². The molecule has 2 aromatic rings. The molecule has 3 rings (SSSR count).